The van der Waals surface area contributed by atoms with Crippen LogP contribution in [0.4, 0.5) is 13.2 Å². The summed E-state index contributed by atoms with van der Waals surface area (Å²) in [6.07, 6.45) is -5.36. The molecule has 1 aromatic rings. The quantitative estimate of drug-likeness (QED) is 0.842. The van der Waals surface area contributed by atoms with Crippen molar-refractivity contribution in [3.05, 3.63) is 34.9 Å². The minimum absolute atomic E-state index is 0.233. The third-order valence-corrected chi connectivity index (χ3v) is 2.73. The fraction of sp³-hybridized carbons (Fsp3) is 0.400. The van der Waals surface area contributed by atoms with Crippen LogP contribution in [0.3, 0.4) is 0 Å². The number of halogens is 3. The monoisotopic (exact) mass is 298 g/mol. The maximum absolute atomic E-state index is 12.2. The second-order valence-corrected chi connectivity index (χ2v) is 4.73. The molecular weight excluding hydrogens is 281 g/mol. The van der Waals surface area contributed by atoms with Gasteiger partial charge in [-0.15, -0.1) is 0 Å². The van der Waals surface area contributed by atoms with Crippen molar-refractivity contribution in [3.63, 3.8) is 0 Å². The van der Waals surface area contributed by atoms with Crippen LogP contribution in [0.2, 0.25) is 0 Å². The summed E-state index contributed by atoms with van der Waals surface area (Å²) in [5, 5.41) is 2.33. The normalized spacial score (nSPS) is 12.3. The zero-order valence-corrected chi connectivity index (χ0v) is 11.8. The summed E-state index contributed by atoms with van der Waals surface area (Å²) in [4.78, 5) is 11.9. The zero-order chi connectivity index (χ0) is 16.0. The number of nitrogens with two attached hydrogens (primary N) is 1. The highest BCUT2D eigenvalue weighted by Crippen LogP contribution is 2.21. The molecule has 21 heavy (non-hydrogen) atoms. The average molecular weight is 298 g/mol. The molecule has 1 atom stereocenters. The van der Waals surface area contributed by atoms with Gasteiger partial charge in [-0.3, -0.25) is 4.79 Å². The second kappa shape index (κ2) is 7.14. The SMILES string of the molecule is Cc1cc(C(=O)NC(C)CC(F)(F)F)ccc1C#CCN. The third kappa shape index (κ3) is 5.88. The maximum Gasteiger partial charge on any atom is 0.391 e. The number of aryl methyl sites for hydroxylation is 1. The van der Waals surface area contributed by atoms with Crippen LogP contribution in [-0.4, -0.2) is 24.7 Å². The van der Waals surface area contributed by atoms with Crippen molar-refractivity contribution in [1.29, 1.82) is 0 Å². The number of benzene rings is 1. The number of hydrogen-bond acceptors (Lipinski definition) is 2. The first-order chi connectivity index (χ1) is 9.73. The summed E-state index contributed by atoms with van der Waals surface area (Å²) < 4.78 is 36.7. The van der Waals surface area contributed by atoms with Crippen LogP contribution in [0.5, 0.6) is 0 Å². The summed E-state index contributed by atoms with van der Waals surface area (Å²) in [6, 6.07) is 3.80. The molecule has 0 saturated heterocycles. The first-order valence-electron chi connectivity index (χ1n) is 6.40. The lowest BCUT2D eigenvalue weighted by Crippen LogP contribution is -2.35. The Morgan fingerprint density at radius 3 is 2.62 bits per heavy atom. The molecule has 0 heterocycles. The zero-order valence-electron chi connectivity index (χ0n) is 11.8. The Morgan fingerprint density at radius 2 is 2.10 bits per heavy atom. The van der Waals surface area contributed by atoms with Crippen LogP contribution in [0.1, 0.15) is 34.8 Å². The predicted molar refractivity (Wildman–Crippen MR) is 74.7 cm³/mol. The Balaban J connectivity index is 2.78. The minimum atomic E-state index is -4.30. The molecule has 1 amide bonds. The van der Waals surface area contributed by atoms with E-state index in [4.69, 9.17) is 5.73 Å². The smallest absolute Gasteiger partial charge is 0.349 e. The highest BCUT2D eigenvalue weighted by atomic mass is 19.4. The first kappa shape index (κ1) is 17.1. The Bertz CT molecular complexity index is 571. The van der Waals surface area contributed by atoms with Gasteiger partial charge in [-0.2, -0.15) is 13.2 Å². The molecule has 1 rings (SSSR count). The molecule has 114 valence electrons. The molecule has 0 aliphatic heterocycles. The molecule has 3 N–H and O–H groups in total. The fourth-order valence-electron chi connectivity index (χ4n) is 1.80. The topological polar surface area (TPSA) is 55.1 Å². The van der Waals surface area contributed by atoms with Crippen LogP contribution < -0.4 is 11.1 Å². The van der Waals surface area contributed by atoms with Gasteiger partial charge < -0.3 is 11.1 Å². The van der Waals surface area contributed by atoms with Gasteiger partial charge in [0.2, 0.25) is 0 Å². The molecule has 0 radical (unpaired) electrons. The summed E-state index contributed by atoms with van der Waals surface area (Å²) >= 11 is 0. The van der Waals surface area contributed by atoms with E-state index in [1.807, 2.05) is 0 Å². The van der Waals surface area contributed by atoms with E-state index >= 15 is 0 Å². The molecule has 1 unspecified atom stereocenters. The van der Waals surface area contributed by atoms with E-state index in [0.29, 0.717) is 5.56 Å². The molecule has 1 aromatic carbocycles. The highest BCUT2D eigenvalue weighted by Gasteiger charge is 2.30. The molecule has 0 aromatic heterocycles. The summed E-state index contributed by atoms with van der Waals surface area (Å²) in [7, 11) is 0. The predicted octanol–water partition coefficient (Wildman–Crippen LogP) is 2.38. The first-order valence-corrected chi connectivity index (χ1v) is 6.40. The maximum atomic E-state index is 12.2. The molecule has 0 spiro atoms. The lowest BCUT2D eigenvalue weighted by Gasteiger charge is -2.16. The Labute approximate surface area is 121 Å². The van der Waals surface area contributed by atoms with Crippen molar-refractivity contribution < 1.29 is 18.0 Å². The number of carbonyl (C=O) groups is 1. The van der Waals surface area contributed by atoms with Gasteiger partial charge in [-0.1, -0.05) is 11.8 Å². The fourth-order valence-corrected chi connectivity index (χ4v) is 1.80. The number of alkyl halides is 3. The summed E-state index contributed by atoms with van der Waals surface area (Å²) in [6.45, 7) is 3.33. The van der Waals surface area contributed by atoms with Crippen molar-refractivity contribution in [1.82, 2.24) is 5.32 Å². The molecule has 0 fully saturated rings. The van der Waals surface area contributed by atoms with Crippen molar-refractivity contribution in [3.8, 4) is 11.8 Å². The highest BCUT2D eigenvalue weighted by molar-refractivity contribution is 5.94. The van der Waals surface area contributed by atoms with Crippen LogP contribution in [0.25, 0.3) is 0 Å². The second-order valence-electron chi connectivity index (χ2n) is 4.73. The molecule has 3 nitrogen and oxygen atoms in total. The molecule has 0 bridgehead atoms. The molecular formula is C15H17F3N2O. The van der Waals surface area contributed by atoms with E-state index in [0.717, 1.165) is 11.1 Å². The van der Waals surface area contributed by atoms with Gasteiger partial charge in [-0.25, -0.2) is 0 Å². The van der Waals surface area contributed by atoms with Gasteiger partial charge in [0.05, 0.1) is 13.0 Å². The molecule has 0 saturated carbocycles. The van der Waals surface area contributed by atoms with Gasteiger partial charge in [0.25, 0.3) is 5.91 Å². The van der Waals surface area contributed by atoms with Gasteiger partial charge >= 0.3 is 6.18 Å². The summed E-state index contributed by atoms with van der Waals surface area (Å²) in [5.41, 5.74) is 7.09. The third-order valence-electron chi connectivity index (χ3n) is 2.73. The van der Waals surface area contributed by atoms with Crippen molar-refractivity contribution in [2.75, 3.05) is 6.54 Å². The Kier molecular flexibility index (Phi) is 5.79. The Hall–Kier alpha value is -2.00. The minimum Gasteiger partial charge on any atom is -0.349 e. The van der Waals surface area contributed by atoms with E-state index in [-0.39, 0.29) is 6.54 Å². The van der Waals surface area contributed by atoms with Crippen molar-refractivity contribution >= 4 is 5.91 Å². The van der Waals surface area contributed by atoms with E-state index in [1.165, 1.54) is 13.0 Å². The van der Waals surface area contributed by atoms with E-state index in [2.05, 4.69) is 17.2 Å². The van der Waals surface area contributed by atoms with Gasteiger partial charge in [0, 0.05) is 17.2 Å². The number of nitrogens with one attached hydrogen (secondary N) is 1. The molecule has 0 aliphatic carbocycles. The van der Waals surface area contributed by atoms with Crippen LogP contribution in [0, 0.1) is 18.8 Å². The van der Waals surface area contributed by atoms with Crippen molar-refractivity contribution in [2.45, 2.75) is 32.5 Å². The van der Waals surface area contributed by atoms with E-state index < -0.39 is 24.5 Å². The van der Waals surface area contributed by atoms with Gasteiger partial charge in [-0.05, 0) is 37.6 Å². The van der Waals surface area contributed by atoms with Crippen LogP contribution in [0.15, 0.2) is 18.2 Å². The average Bonchev–Trinajstić information content (AvgIpc) is 2.34. The Morgan fingerprint density at radius 1 is 1.43 bits per heavy atom. The lowest BCUT2D eigenvalue weighted by molar-refractivity contribution is -0.138. The standard InChI is InChI=1S/C15H17F3N2O/c1-10-8-13(6-5-12(10)4-3-7-19)14(21)20-11(2)9-15(16,17)18/h5-6,8,11H,7,9,19H2,1-2H3,(H,20,21). The van der Waals surface area contributed by atoms with Gasteiger partial charge in [0.1, 0.15) is 0 Å². The number of hydrogen-bond donors (Lipinski definition) is 2. The van der Waals surface area contributed by atoms with Crippen LogP contribution >= 0.6 is 0 Å². The number of rotatable bonds is 3. The van der Waals surface area contributed by atoms with Crippen molar-refractivity contribution in [2.24, 2.45) is 5.73 Å². The van der Waals surface area contributed by atoms with Crippen LogP contribution in [-0.2, 0) is 0 Å². The summed E-state index contributed by atoms with van der Waals surface area (Å²) in [5.74, 6) is 5.03. The van der Waals surface area contributed by atoms with E-state index in [1.54, 1.807) is 19.1 Å². The van der Waals surface area contributed by atoms with Gasteiger partial charge in [0.15, 0.2) is 0 Å². The number of carbonyl (C=O) groups excluding carboxylic acids is 1. The largest absolute Gasteiger partial charge is 0.391 e. The lowest BCUT2D eigenvalue weighted by atomic mass is 10.0. The molecule has 6 heteroatoms. The van der Waals surface area contributed by atoms with E-state index in [9.17, 15) is 18.0 Å². The molecule has 0 aliphatic rings. The number of amides is 1.